The molecule has 1 aliphatic heterocycles. The van der Waals surface area contributed by atoms with Gasteiger partial charge in [0.15, 0.2) is 0 Å². The van der Waals surface area contributed by atoms with Crippen LogP contribution in [0.2, 0.25) is 0 Å². The van der Waals surface area contributed by atoms with Gasteiger partial charge in [0.05, 0.1) is 0 Å². The average molecular weight is 297 g/mol. The van der Waals surface area contributed by atoms with Gasteiger partial charge in [-0.3, -0.25) is 4.90 Å². The summed E-state index contributed by atoms with van der Waals surface area (Å²) in [4.78, 5) is 2.81. The van der Waals surface area contributed by atoms with Crippen LogP contribution in [0.1, 0.15) is 74.1 Å². The third kappa shape index (κ3) is 6.69. The van der Waals surface area contributed by atoms with Crippen LogP contribution in [0.4, 0.5) is 0 Å². The molecule has 0 radical (unpaired) electrons. The van der Waals surface area contributed by atoms with Gasteiger partial charge in [0.2, 0.25) is 0 Å². The monoisotopic (exact) mass is 296 g/mol. The molecule has 0 aromatic heterocycles. The Hall–Kier alpha value is -0.0800. The molecule has 1 heterocycles. The standard InChI is InChI=1S/C19H40N2/c1-14(2)9-8-10-17(7)21-13-18(11-15(3)4)20-12-19(21)16(5)6/h14-20H,8-13H2,1-7H3. The van der Waals surface area contributed by atoms with Crippen molar-refractivity contribution in [2.45, 2.75) is 92.3 Å². The minimum atomic E-state index is 0.688. The Morgan fingerprint density at radius 2 is 1.62 bits per heavy atom. The minimum Gasteiger partial charge on any atom is -0.311 e. The van der Waals surface area contributed by atoms with E-state index in [4.69, 9.17) is 0 Å². The summed E-state index contributed by atoms with van der Waals surface area (Å²) in [6.45, 7) is 19.0. The molecule has 0 aromatic rings. The van der Waals surface area contributed by atoms with Crippen LogP contribution in [0.3, 0.4) is 0 Å². The van der Waals surface area contributed by atoms with Crippen LogP contribution in [0.15, 0.2) is 0 Å². The lowest BCUT2D eigenvalue weighted by Crippen LogP contribution is -2.60. The van der Waals surface area contributed by atoms with Crippen LogP contribution < -0.4 is 5.32 Å². The fourth-order valence-electron chi connectivity index (χ4n) is 3.70. The minimum absolute atomic E-state index is 0.688. The molecule has 0 amide bonds. The van der Waals surface area contributed by atoms with Gasteiger partial charge in [-0.15, -0.1) is 0 Å². The van der Waals surface area contributed by atoms with Gasteiger partial charge in [-0.1, -0.05) is 54.4 Å². The molecule has 0 aromatic carbocycles. The first kappa shape index (κ1) is 19.0. The van der Waals surface area contributed by atoms with Crippen LogP contribution in [0, 0.1) is 17.8 Å². The van der Waals surface area contributed by atoms with Gasteiger partial charge in [0, 0.05) is 31.2 Å². The van der Waals surface area contributed by atoms with E-state index in [-0.39, 0.29) is 0 Å². The number of nitrogens with zero attached hydrogens (tertiary/aromatic N) is 1. The second kappa shape index (κ2) is 9.15. The van der Waals surface area contributed by atoms with E-state index in [1.165, 1.54) is 38.8 Å². The van der Waals surface area contributed by atoms with Crippen molar-refractivity contribution >= 4 is 0 Å². The van der Waals surface area contributed by atoms with E-state index < -0.39 is 0 Å². The second-order valence-electron chi connectivity index (χ2n) is 8.42. The molecule has 1 aliphatic rings. The van der Waals surface area contributed by atoms with E-state index in [0.717, 1.165) is 23.8 Å². The Balaban J connectivity index is 2.57. The SMILES string of the molecule is CC(C)CCCC(C)N1CC(CC(C)C)NCC1C(C)C. The van der Waals surface area contributed by atoms with Crippen molar-refractivity contribution in [3.63, 3.8) is 0 Å². The van der Waals surface area contributed by atoms with E-state index in [0.29, 0.717) is 12.1 Å². The molecule has 3 unspecified atom stereocenters. The molecular formula is C19H40N2. The maximum absolute atomic E-state index is 3.80. The molecule has 1 rings (SSSR count). The summed E-state index contributed by atoms with van der Waals surface area (Å²) in [7, 11) is 0. The van der Waals surface area contributed by atoms with Gasteiger partial charge in [-0.25, -0.2) is 0 Å². The summed E-state index contributed by atoms with van der Waals surface area (Å²) in [5.74, 6) is 2.37. The van der Waals surface area contributed by atoms with E-state index in [1.807, 2.05) is 0 Å². The van der Waals surface area contributed by atoms with Crippen molar-refractivity contribution in [3.05, 3.63) is 0 Å². The number of hydrogen-bond acceptors (Lipinski definition) is 2. The molecule has 2 nitrogen and oxygen atoms in total. The molecule has 1 N–H and O–H groups in total. The van der Waals surface area contributed by atoms with Crippen LogP contribution in [0.25, 0.3) is 0 Å². The van der Waals surface area contributed by atoms with Crippen LogP contribution in [0.5, 0.6) is 0 Å². The highest BCUT2D eigenvalue weighted by molar-refractivity contribution is 4.90. The molecular weight excluding hydrogens is 256 g/mol. The lowest BCUT2D eigenvalue weighted by atomic mass is 9.92. The Kier molecular flexibility index (Phi) is 8.26. The first-order chi connectivity index (χ1) is 9.81. The Labute approximate surface area is 134 Å². The third-order valence-electron chi connectivity index (χ3n) is 4.97. The Morgan fingerprint density at radius 3 is 2.14 bits per heavy atom. The van der Waals surface area contributed by atoms with Gasteiger partial charge < -0.3 is 5.32 Å². The van der Waals surface area contributed by atoms with E-state index in [1.54, 1.807) is 0 Å². The largest absolute Gasteiger partial charge is 0.311 e. The molecule has 0 spiro atoms. The summed E-state index contributed by atoms with van der Waals surface area (Å²) in [5.41, 5.74) is 0. The van der Waals surface area contributed by atoms with E-state index in [2.05, 4.69) is 58.7 Å². The zero-order valence-corrected chi connectivity index (χ0v) is 15.7. The third-order valence-corrected chi connectivity index (χ3v) is 4.97. The van der Waals surface area contributed by atoms with Crippen molar-refractivity contribution in [2.75, 3.05) is 13.1 Å². The highest BCUT2D eigenvalue weighted by Gasteiger charge is 2.32. The predicted octanol–water partition coefficient (Wildman–Crippen LogP) is 4.55. The van der Waals surface area contributed by atoms with Gasteiger partial charge in [0.1, 0.15) is 0 Å². The highest BCUT2D eigenvalue weighted by atomic mass is 15.3. The van der Waals surface area contributed by atoms with Crippen LogP contribution in [-0.2, 0) is 0 Å². The van der Waals surface area contributed by atoms with E-state index in [9.17, 15) is 0 Å². The fraction of sp³-hybridized carbons (Fsp3) is 1.00. The van der Waals surface area contributed by atoms with Gasteiger partial charge in [0.25, 0.3) is 0 Å². The molecule has 0 saturated carbocycles. The lowest BCUT2D eigenvalue weighted by Gasteiger charge is -2.46. The summed E-state index contributed by atoms with van der Waals surface area (Å²) in [5, 5.41) is 3.80. The Bertz CT molecular complexity index is 273. The molecule has 0 bridgehead atoms. The smallest absolute Gasteiger partial charge is 0.0247 e. The highest BCUT2D eigenvalue weighted by Crippen LogP contribution is 2.23. The summed E-state index contributed by atoms with van der Waals surface area (Å²) < 4.78 is 0. The first-order valence-corrected chi connectivity index (χ1v) is 9.30. The number of nitrogens with one attached hydrogen (secondary N) is 1. The molecule has 1 fully saturated rings. The van der Waals surface area contributed by atoms with Gasteiger partial charge in [-0.2, -0.15) is 0 Å². The predicted molar refractivity (Wildman–Crippen MR) is 94.7 cm³/mol. The molecule has 3 atom stereocenters. The maximum atomic E-state index is 3.80. The van der Waals surface area contributed by atoms with Crippen molar-refractivity contribution in [1.82, 2.24) is 10.2 Å². The number of hydrogen-bond donors (Lipinski definition) is 1. The van der Waals surface area contributed by atoms with Crippen molar-refractivity contribution in [1.29, 1.82) is 0 Å². The maximum Gasteiger partial charge on any atom is 0.0247 e. The quantitative estimate of drug-likeness (QED) is 0.707. The summed E-state index contributed by atoms with van der Waals surface area (Å²) in [6.07, 6.45) is 5.41. The lowest BCUT2D eigenvalue weighted by molar-refractivity contribution is 0.0529. The molecule has 126 valence electrons. The van der Waals surface area contributed by atoms with Crippen molar-refractivity contribution < 1.29 is 0 Å². The zero-order valence-electron chi connectivity index (χ0n) is 15.7. The normalized spacial score (nSPS) is 26.0. The van der Waals surface area contributed by atoms with Crippen LogP contribution >= 0.6 is 0 Å². The summed E-state index contributed by atoms with van der Waals surface area (Å²) in [6, 6.07) is 2.13. The first-order valence-electron chi connectivity index (χ1n) is 9.30. The topological polar surface area (TPSA) is 15.3 Å². The van der Waals surface area contributed by atoms with Gasteiger partial charge in [-0.05, 0) is 37.5 Å². The average Bonchev–Trinajstić information content (AvgIpc) is 2.37. The molecule has 1 saturated heterocycles. The molecule has 0 aliphatic carbocycles. The Morgan fingerprint density at radius 1 is 0.952 bits per heavy atom. The van der Waals surface area contributed by atoms with Gasteiger partial charge >= 0.3 is 0 Å². The number of rotatable bonds is 8. The second-order valence-corrected chi connectivity index (χ2v) is 8.42. The molecule has 2 heteroatoms. The molecule has 21 heavy (non-hydrogen) atoms. The van der Waals surface area contributed by atoms with Crippen LogP contribution in [-0.4, -0.2) is 36.1 Å². The number of piperazine rings is 1. The fourth-order valence-corrected chi connectivity index (χ4v) is 3.70. The van der Waals surface area contributed by atoms with Crippen molar-refractivity contribution in [2.24, 2.45) is 17.8 Å². The summed E-state index contributed by atoms with van der Waals surface area (Å²) >= 11 is 0. The van der Waals surface area contributed by atoms with E-state index >= 15 is 0 Å². The van der Waals surface area contributed by atoms with Crippen molar-refractivity contribution in [3.8, 4) is 0 Å². The zero-order chi connectivity index (χ0) is 16.0.